The van der Waals surface area contributed by atoms with E-state index in [2.05, 4.69) is 25.9 Å². The summed E-state index contributed by atoms with van der Waals surface area (Å²) in [6.45, 7) is 0.682. The minimum Gasteiger partial charge on any atom is -0.457 e. The smallest absolute Gasteiger partial charge is 0.255 e. The van der Waals surface area contributed by atoms with E-state index >= 15 is 0 Å². The molecule has 0 radical (unpaired) electrons. The predicted octanol–water partition coefficient (Wildman–Crippen LogP) is 5.33. The van der Waals surface area contributed by atoms with Crippen LogP contribution in [0.15, 0.2) is 103 Å². The summed E-state index contributed by atoms with van der Waals surface area (Å²) in [5.41, 5.74) is 2.43. The van der Waals surface area contributed by atoms with Crippen LogP contribution >= 0.6 is 0 Å². The molecule has 3 aromatic carbocycles. The Hall–Kier alpha value is -5.05. The van der Waals surface area contributed by atoms with Crippen LogP contribution in [-0.4, -0.2) is 25.9 Å². The molecule has 0 bridgehead atoms. The average molecular weight is 495 g/mol. The van der Waals surface area contributed by atoms with E-state index in [-0.39, 0.29) is 18.3 Å². The van der Waals surface area contributed by atoms with E-state index in [1.807, 2.05) is 54.6 Å². The van der Waals surface area contributed by atoms with Gasteiger partial charge in [-0.2, -0.15) is 0 Å². The summed E-state index contributed by atoms with van der Waals surface area (Å²) >= 11 is 0. The first-order valence-electron chi connectivity index (χ1n) is 11.6. The van der Waals surface area contributed by atoms with Crippen molar-refractivity contribution in [3.8, 4) is 11.5 Å². The molecule has 0 saturated carbocycles. The first kappa shape index (κ1) is 23.7. The molecule has 0 unspecified atom stereocenters. The number of pyridine rings is 1. The van der Waals surface area contributed by atoms with Gasteiger partial charge >= 0.3 is 0 Å². The molecule has 1 amide bonds. The summed E-state index contributed by atoms with van der Waals surface area (Å²) < 4.78 is 21.1. The molecule has 0 fully saturated rings. The molecule has 0 aliphatic rings. The van der Waals surface area contributed by atoms with Crippen LogP contribution < -0.4 is 15.4 Å². The van der Waals surface area contributed by atoms with Gasteiger partial charge in [-0.3, -0.25) is 4.79 Å². The average Bonchev–Trinajstić information content (AvgIpc) is 3.35. The van der Waals surface area contributed by atoms with Gasteiger partial charge in [-0.05, 0) is 60.2 Å². The van der Waals surface area contributed by atoms with Crippen LogP contribution in [0.25, 0.3) is 0 Å². The number of ether oxygens (including phenoxy) is 1. The minimum absolute atomic E-state index is 0.185. The largest absolute Gasteiger partial charge is 0.457 e. The number of hydrogen-bond donors (Lipinski definition) is 2. The van der Waals surface area contributed by atoms with Crippen molar-refractivity contribution in [1.29, 1.82) is 0 Å². The molecule has 0 aliphatic heterocycles. The Bertz CT molecular complexity index is 1510. The summed E-state index contributed by atoms with van der Waals surface area (Å²) in [5.74, 6) is 1.10. The van der Waals surface area contributed by atoms with E-state index in [1.165, 1.54) is 12.1 Å². The third-order valence-electron chi connectivity index (χ3n) is 5.38. The van der Waals surface area contributed by atoms with Crippen molar-refractivity contribution in [1.82, 2.24) is 25.3 Å². The first-order valence-corrected chi connectivity index (χ1v) is 11.6. The topological polar surface area (TPSA) is 94.0 Å². The summed E-state index contributed by atoms with van der Waals surface area (Å²) in [7, 11) is 0. The van der Waals surface area contributed by atoms with Crippen LogP contribution in [0.4, 0.5) is 15.9 Å². The number of benzene rings is 3. The number of amides is 1. The van der Waals surface area contributed by atoms with E-state index in [9.17, 15) is 9.18 Å². The first-order chi connectivity index (χ1) is 18.1. The van der Waals surface area contributed by atoms with Gasteiger partial charge in [0.2, 0.25) is 0 Å². The number of carbonyl (C=O) groups excluding carboxylic acids is 1. The molecular weight excluding hydrogens is 471 g/mol. The Kier molecular flexibility index (Phi) is 7.12. The Morgan fingerprint density at radius 2 is 1.76 bits per heavy atom. The second-order valence-electron chi connectivity index (χ2n) is 8.19. The Morgan fingerprint density at radius 3 is 2.62 bits per heavy atom. The van der Waals surface area contributed by atoms with Crippen molar-refractivity contribution < 1.29 is 13.9 Å². The van der Waals surface area contributed by atoms with Crippen molar-refractivity contribution >= 4 is 17.4 Å². The highest BCUT2D eigenvalue weighted by molar-refractivity contribution is 5.99. The van der Waals surface area contributed by atoms with Gasteiger partial charge in [-0.25, -0.2) is 14.1 Å². The summed E-state index contributed by atoms with van der Waals surface area (Å²) in [6.07, 6.45) is 3.34. The van der Waals surface area contributed by atoms with Crippen LogP contribution in [0.5, 0.6) is 11.5 Å². The molecule has 5 rings (SSSR count). The standard InChI is InChI=1S/C28H23FN6O2/c29-21-8-5-9-22(16-21)32-27-26(13-6-14-30-27)28(36)31-17-23-19-35(34-33-23)18-20-7-4-12-25(15-20)37-24-10-2-1-3-11-24/h1-16,19H,17-18H2,(H,30,32)(H,31,36). The lowest BCUT2D eigenvalue weighted by atomic mass is 10.2. The number of nitrogens with one attached hydrogen (secondary N) is 2. The molecule has 8 nitrogen and oxygen atoms in total. The monoisotopic (exact) mass is 494 g/mol. The third kappa shape index (κ3) is 6.34. The molecule has 0 spiro atoms. The van der Waals surface area contributed by atoms with Crippen molar-refractivity contribution in [2.45, 2.75) is 13.1 Å². The van der Waals surface area contributed by atoms with Crippen LogP contribution in [-0.2, 0) is 13.1 Å². The zero-order chi connectivity index (χ0) is 25.5. The quantitative estimate of drug-likeness (QED) is 0.288. The second-order valence-corrected chi connectivity index (χ2v) is 8.19. The lowest BCUT2D eigenvalue weighted by Crippen LogP contribution is -2.24. The maximum Gasteiger partial charge on any atom is 0.255 e. The molecule has 184 valence electrons. The van der Waals surface area contributed by atoms with Gasteiger partial charge in [-0.1, -0.05) is 41.6 Å². The zero-order valence-electron chi connectivity index (χ0n) is 19.7. The van der Waals surface area contributed by atoms with Crippen LogP contribution in [0.3, 0.4) is 0 Å². The van der Waals surface area contributed by atoms with Crippen molar-refractivity contribution in [2.24, 2.45) is 0 Å². The third-order valence-corrected chi connectivity index (χ3v) is 5.38. The summed E-state index contributed by atoms with van der Waals surface area (Å²) in [6, 6.07) is 26.6. The Morgan fingerprint density at radius 1 is 0.919 bits per heavy atom. The second kappa shape index (κ2) is 11.1. The number of rotatable bonds is 9. The number of nitrogens with zero attached hydrogens (tertiary/aromatic N) is 4. The van der Waals surface area contributed by atoms with Crippen molar-refractivity contribution in [3.05, 3.63) is 126 Å². The molecular formula is C28H23FN6O2. The fourth-order valence-electron chi connectivity index (χ4n) is 3.67. The highest BCUT2D eigenvalue weighted by Gasteiger charge is 2.13. The summed E-state index contributed by atoms with van der Waals surface area (Å²) in [4.78, 5) is 17.1. The number of halogens is 1. The van der Waals surface area contributed by atoms with Gasteiger partial charge in [0, 0.05) is 11.9 Å². The Labute approximate surface area is 212 Å². The number of anilines is 2. The fourth-order valence-corrected chi connectivity index (χ4v) is 3.67. The molecule has 2 heterocycles. The van der Waals surface area contributed by atoms with E-state index < -0.39 is 0 Å². The highest BCUT2D eigenvalue weighted by Crippen LogP contribution is 2.22. The van der Waals surface area contributed by atoms with E-state index in [4.69, 9.17) is 4.74 Å². The van der Waals surface area contributed by atoms with E-state index in [0.29, 0.717) is 29.3 Å². The van der Waals surface area contributed by atoms with Gasteiger partial charge in [0.25, 0.3) is 5.91 Å². The molecule has 9 heteroatoms. The number of carbonyl (C=O) groups is 1. The van der Waals surface area contributed by atoms with Gasteiger partial charge in [0.15, 0.2) is 0 Å². The van der Waals surface area contributed by atoms with Crippen molar-refractivity contribution in [3.63, 3.8) is 0 Å². The van der Waals surface area contributed by atoms with Gasteiger partial charge in [-0.15, -0.1) is 5.10 Å². The highest BCUT2D eigenvalue weighted by atomic mass is 19.1. The number of hydrogen-bond acceptors (Lipinski definition) is 6. The van der Waals surface area contributed by atoms with Crippen LogP contribution in [0.1, 0.15) is 21.6 Å². The molecule has 0 aliphatic carbocycles. The normalized spacial score (nSPS) is 10.6. The molecule has 2 N–H and O–H groups in total. The SMILES string of the molecule is O=C(NCc1cn(Cc2cccc(Oc3ccccc3)c2)nn1)c1cccnc1Nc1cccc(F)c1. The fraction of sp³-hybridized carbons (Fsp3) is 0.0714. The maximum absolute atomic E-state index is 13.5. The van der Waals surface area contributed by atoms with Gasteiger partial charge in [0.05, 0.1) is 24.8 Å². The zero-order valence-corrected chi connectivity index (χ0v) is 19.7. The lowest BCUT2D eigenvalue weighted by Gasteiger charge is -2.10. The van der Waals surface area contributed by atoms with Gasteiger partial charge in [0.1, 0.15) is 28.8 Å². The number of para-hydroxylation sites is 1. The molecule has 5 aromatic rings. The van der Waals surface area contributed by atoms with Crippen LogP contribution in [0.2, 0.25) is 0 Å². The molecule has 0 saturated heterocycles. The molecule has 37 heavy (non-hydrogen) atoms. The molecule has 0 atom stereocenters. The molecule has 2 aromatic heterocycles. The Balaban J connectivity index is 1.19. The predicted molar refractivity (Wildman–Crippen MR) is 137 cm³/mol. The van der Waals surface area contributed by atoms with Crippen LogP contribution in [0, 0.1) is 5.82 Å². The lowest BCUT2D eigenvalue weighted by molar-refractivity contribution is 0.0951. The number of aromatic nitrogens is 4. The van der Waals surface area contributed by atoms with Gasteiger partial charge < -0.3 is 15.4 Å². The van der Waals surface area contributed by atoms with Crippen molar-refractivity contribution in [2.75, 3.05) is 5.32 Å². The maximum atomic E-state index is 13.5. The van der Waals surface area contributed by atoms with E-state index in [1.54, 1.807) is 41.3 Å². The minimum atomic E-state index is -0.384. The van der Waals surface area contributed by atoms with E-state index in [0.717, 1.165) is 17.1 Å². The summed E-state index contributed by atoms with van der Waals surface area (Å²) in [5, 5.41) is 14.2.